The minimum atomic E-state index is 0.601. The second kappa shape index (κ2) is 7.80. The zero-order valence-corrected chi connectivity index (χ0v) is 12.3. The number of aromatic nitrogens is 1. The highest BCUT2D eigenvalue weighted by Gasteiger charge is 2.13. The second-order valence-corrected chi connectivity index (χ2v) is 5.60. The molecule has 3 nitrogen and oxygen atoms in total. The maximum absolute atomic E-state index is 4.52. The molecular formula is C13H25N3S. The van der Waals surface area contributed by atoms with Gasteiger partial charge in [-0.25, -0.2) is 4.98 Å². The molecule has 1 rings (SSSR count). The van der Waals surface area contributed by atoms with Gasteiger partial charge in [-0.15, -0.1) is 11.3 Å². The maximum Gasteiger partial charge on any atom is 0.0897 e. The van der Waals surface area contributed by atoms with Gasteiger partial charge in [0.2, 0.25) is 0 Å². The molecule has 0 saturated carbocycles. The maximum atomic E-state index is 4.52. The first-order chi connectivity index (χ1) is 8.17. The highest BCUT2D eigenvalue weighted by atomic mass is 32.1. The summed E-state index contributed by atoms with van der Waals surface area (Å²) in [6, 6.07) is 0.601. The first-order valence-corrected chi connectivity index (χ1v) is 7.37. The van der Waals surface area contributed by atoms with Crippen molar-refractivity contribution in [1.82, 2.24) is 15.2 Å². The van der Waals surface area contributed by atoms with Crippen molar-refractivity contribution in [1.29, 1.82) is 0 Å². The van der Waals surface area contributed by atoms with Crippen LogP contribution in [0.4, 0.5) is 0 Å². The summed E-state index contributed by atoms with van der Waals surface area (Å²) in [7, 11) is 2.19. The van der Waals surface area contributed by atoms with E-state index in [-0.39, 0.29) is 0 Å². The predicted octanol–water partition coefficient (Wildman–Crippen LogP) is 2.66. The van der Waals surface area contributed by atoms with E-state index in [1.165, 1.54) is 18.5 Å². The lowest BCUT2D eigenvalue weighted by Gasteiger charge is -2.26. The summed E-state index contributed by atoms with van der Waals surface area (Å²) >= 11 is 1.73. The van der Waals surface area contributed by atoms with Crippen molar-refractivity contribution >= 4 is 11.3 Å². The predicted molar refractivity (Wildman–Crippen MR) is 75.6 cm³/mol. The van der Waals surface area contributed by atoms with Gasteiger partial charge < -0.3 is 5.32 Å². The number of hydrogen-bond acceptors (Lipinski definition) is 4. The minimum absolute atomic E-state index is 0.601. The molecule has 0 spiro atoms. The first-order valence-electron chi connectivity index (χ1n) is 6.49. The molecule has 0 fully saturated rings. The lowest BCUT2D eigenvalue weighted by atomic mass is 10.2. The van der Waals surface area contributed by atoms with Crippen molar-refractivity contribution in [2.24, 2.45) is 0 Å². The molecule has 1 N–H and O–H groups in total. The number of rotatable bonds is 8. The van der Waals surface area contributed by atoms with Gasteiger partial charge in [0.15, 0.2) is 0 Å². The van der Waals surface area contributed by atoms with E-state index in [0.29, 0.717) is 6.04 Å². The molecule has 0 radical (unpaired) electrons. The molecule has 1 heterocycles. The average molecular weight is 255 g/mol. The highest BCUT2D eigenvalue weighted by molar-refractivity contribution is 7.09. The number of hydrogen-bond donors (Lipinski definition) is 1. The normalized spacial score (nSPS) is 13.2. The van der Waals surface area contributed by atoms with Crippen LogP contribution in [-0.4, -0.2) is 36.1 Å². The summed E-state index contributed by atoms with van der Waals surface area (Å²) < 4.78 is 0. The minimum Gasteiger partial charge on any atom is -0.315 e. The zero-order chi connectivity index (χ0) is 12.7. The van der Waals surface area contributed by atoms with Crippen LogP contribution in [0.2, 0.25) is 0 Å². The van der Waals surface area contributed by atoms with Crippen molar-refractivity contribution < 1.29 is 0 Å². The Morgan fingerprint density at radius 3 is 2.76 bits per heavy atom. The van der Waals surface area contributed by atoms with Crippen LogP contribution in [0.15, 0.2) is 5.38 Å². The molecule has 0 aliphatic heterocycles. The van der Waals surface area contributed by atoms with Gasteiger partial charge in [0.25, 0.3) is 0 Å². The van der Waals surface area contributed by atoms with Gasteiger partial charge in [-0.1, -0.05) is 13.8 Å². The number of aryl methyl sites for hydroxylation is 1. The van der Waals surface area contributed by atoms with Crippen LogP contribution in [0.1, 0.15) is 37.4 Å². The Hall–Kier alpha value is -0.450. The fraction of sp³-hybridized carbons (Fsp3) is 0.769. The van der Waals surface area contributed by atoms with Gasteiger partial charge in [-0.3, -0.25) is 4.90 Å². The quantitative estimate of drug-likeness (QED) is 0.724. The van der Waals surface area contributed by atoms with Gasteiger partial charge in [-0.2, -0.15) is 0 Å². The Morgan fingerprint density at radius 2 is 2.24 bits per heavy atom. The summed E-state index contributed by atoms with van der Waals surface area (Å²) in [5.41, 5.74) is 1.20. The lowest BCUT2D eigenvalue weighted by molar-refractivity contribution is 0.219. The van der Waals surface area contributed by atoms with Crippen LogP contribution in [0.25, 0.3) is 0 Å². The zero-order valence-electron chi connectivity index (χ0n) is 11.5. The van der Waals surface area contributed by atoms with Gasteiger partial charge in [0, 0.05) is 24.5 Å². The van der Waals surface area contributed by atoms with E-state index in [4.69, 9.17) is 0 Å². The Kier molecular flexibility index (Phi) is 6.70. The molecule has 0 bridgehead atoms. The molecule has 1 aromatic heterocycles. The van der Waals surface area contributed by atoms with E-state index >= 15 is 0 Å². The van der Waals surface area contributed by atoms with Crippen molar-refractivity contribution in [3.63, 3.8) is 0 Å². The third-order valence-corrected chi connectivity index (χ3v) is 3.80. The molecular weight excluding hydrogens is 230 g/mol. The molecule has 0 aliphatic carbocycles. The van der Waals surface area contributed by atoms with Gasteiger partial charge in [0.1, 0.15) is 0 Å². The van der Waals surface area contributed by atoms with E-state index in [1.807, 2.05) is 0 Å². The third-order valence-electron chi connectivity index (χ3n) is 2.98. The van der Waals surface area contributed by atoms with E-state index in [9.17, 15) is 0 Å². The highest BCUT2D eigenvalue weighted by Crippen LogP contribution is 2.12. The Balaban J connectivity index is 2.40. The topological polar surface area (TPSA) is 28.2 Å². The smallest absolute Gasteiger partial charge is 0.0897 e. The van der Waals surface area contributed by atoms with Crippen molar-refractivity contribution in [3.05, 3.63) is 16.1 Å². The summed E-state index contributed by atoms with van der Waals surface area (Å²) in [6.45, 7) is 9.66. The Bertz CT molecular complexity index is 311. The van der Waals surface area contributed by atoms with Crippen molar-refractivity contribution in [2.75, 3.05) is 20.1 Å². The Morgan fingerprint density at radius 1 is 1.47 bits per heavy atom. The van der Waals surface area contributed by atoms with E-state index in [1.54, 1.807) is 11.3 Å². The van der Waals surface area contributed by atoms with E-state index in [2.05, 4.69) is 48.4 Å². The SMILES string of the molecule is CCCNCC(CC)N(C)Cc1csc(C)n1. The molecule has 1 atom stereocenters. The summed E-state index contributed by atoms with van der Waals surface area (Å²) in [5, 5.41) is 6.82. The largest absolute Gasteiger partial charge is 0.315 e. The second-order valence-electron chi connectivity index (χ2n) is 4.54. The number of thiazole rings is 1. The van der Waals surface area contributed by atoms with Crippen LogP contribution in [-0.2, 0) is 6.54 Å². The van der Waals surface area contributed by atoms with Crippen LogP contribution >= 0.6 is 11.3 Å². The van der Waals surface area contributed by atoms with Gasteiger partial charge in [0.05, 0.1) is 10.7 Å². The van der Waals surface area contributed by atoms with E-state index in [0.717, 1.165) is 24.6 Å². The van der Waals surface area contributed by atoms with Crippen LogP contribution in [0.3, 0.4) is 0 Å². The molecule has 0 saturated heterocycles. The molecule has 17 heavy (non-hydrogen) atoms. The standard InChI is InChI=1S/C13H25N3S/c1-5-7-14-8-13(6-2)16(4)9-12-10-17-11(3)15-12/h10,13-14H,5-9H2,1-4H3. The molecule has 0 amide bonds. The first kappa shape index (κ1) is 14.6. The number of nitrogens with one attached hydrogen (secondary N) is 1. The molecule has 4 heteroatoms. The lowest BCUT2D eigenvalue weighted by Crippen LogP contribution is -2.39. The molecule has 1 aromatic rings. The summed E-state index contributed by atoms with van der Waals surface area (Å²) in [5.74, 6) is 0. The third kappa shape index (κ3) is 5.15. The Labute approximate surface area is 109 Å². The van der Waals surface area contributed by atoms with Crippen LogP contribution in [0.5, 0.6) is 0 Å². The number of likely N-dealkylation sites (N-methyl/N-ethyl adjacent to an activating group) is 1. The fourth-order valence-corrected chi connectivity index (χ4v) is 2.53. The fourth-order valence-electron chi connectivity index (χ4n) is 1.92. The average Bonchev–Trinajstić information content (AvgIpc) is 2.70. The number of nitrogens with zero attached hydrogens (tertiary/aromatic N) is 2. The summed E-state index contributed by atoms with van der Waals surface area (Å²) in [6.07, 6.45) is 2.38. The molecule has 0 aliphatic rings. The monoisotopic (exact) mass is 255 g/mol. The van der Waals surface area contributed by atoms with Crippen LogP contribution < -0.4 is 5.32 Å². The summed E-state index contributed by atoms with van der Waals surface area (Å²) in [4.78, 5) is 6.92. The molecule has 98 valence electrons. The van der Waals surface area contributed by atoms with Gasteiger partial charge >= 0.3 is 0 Å². The molecule has 1 unspecified atom stereocenters. The van der Waals surface area contributed by atoms with E-state index < -0.39 is 0 Å². The molecule has 0 aromatic carbocycles. The van der Waals surface area contributed by atoms with Crippen LogP contribution in [0, 0.1) is 6.92 Å². The van der Waals surface area contributed by atoms with Gasteiger partial charge in [-0.05, 0) is 33.4 Å². The van der Waals surface area contributed by atoms with Crippen molar-refractivity contribution in [3.8, 4) is 0 Å². The van der Waals surface area contributed by atoms with Crippen molar-refractivity contribution in [2.45, 2.75) is 46.2 Å².